The summed E-state index contributed by atoms with van der Waals surface area (Å²) in [5, 5.41) is 8.43. The van der Waals surface area contributed by atoms with Crippen LogP contribution in [0.15, 0.2) is 18.3 Å². The van der Waals surface area contributed by atoms with Crippen molar-refractivity contribution in [2.75, 3.05) is 0 Å². The van der Waals surface area contributed by atoms with Crippen LogP contribution in [-0.2, 0) is 9.53 Å². The maximum absolute atomic E-state index is 11.3. The number of aromatic amines is 1. The van der Waals surface area contributed by atoms with Crippen LogP contribution in [0.2, 0.25) is 0 Å². The van der Waals surface area contributed by atoms with Gasteiger partial charge in [0.25, 0.3) is 0 Å². The zero-order valence-corrected chi connectivity index (χ0v) is 7.69. The van der Waals surface area contributed by atoms with Gasteiger partial charge in [-0.3, -0.25) is 4.79 Å². The third-order valence-electron chi connectivity index (χ3n) is 1.59. The van der Waals surface area contributed by atoms with E-state index in [4.69, 9.17) is 9.84 Å². The molecule has 14 heavy (non-hydrogen) atoms. The van der Waals surface area contributed by atoms with E-state index >= 15 is 0 Å². The molecule has 1 atom stereocenters. The van der Waals surface area contributed by atoms with Crippen LogP contribution in [0.25, 0.3) is 0 Å². The van der Waals surface area contributed by atoms with Crippen molar-refractivity contribution in [3.63, 3.8) is 0 Å². The number of ether oxygens (including phenoxy) is 1. The zero-order chi connectivity index (χ0) is 10.6. The number of hydrogen-bond donors (Lipinski definition) is 2. The molecule has 76 valence electrons. The number of aliphatic carboxylic acids is 1. The first-order valence-corrected chi connectivity index (χ1v) is 4.15. The van der Waals surface area contributed by atoms with Crippen LogP contribution in [0.4, 0.5) is 0 Å². The van der Waals surface area contributed by atoms with E-state index in [1.54, 1.807) is 18.3 Å². The van der Waals surface area contributed by atoms with Crippen LogP contribution < -0.4 is 0 Å². The summed E-state index contributed by atoms with van der Waals surface area (Å²) in [5.41, 5.74) is 0.322. The van der Waals surface area contributed by atoms with Gasteiger partial charge in [0.15, 0.2) is 0 Å². The van der Waals surface area contributed by atoms with Crippen LogP contribution >= 0.6 is 0 Å². The van der Waals surface area contributed by atoms with Crippen molar-refractivity contribution in [3.05, 3.63) is 24.0 Å². The lowest BCUT2D eigenvalue weighted by molar-refractivity contribution is -0.138. The van der Waals surface area contributed by atoms with E-state index in [9.17, 15) is 9.59 Å². The maximum Gasteiger partial charge on any atom is 0.355 e. The number of rotatable bonds is 4. The minimum atomic E-state index is -0.989. The summed E-state index contributed by atoms with van der Waals surface area (Å²) in [4.78, 5) is 24.2. The molecule has 0 aliphatic heterocycles. The average molecular weight is 197 g/mol. The Morgan fingerprint density at radius 3 is 2.86 bits per heavy atom. The van der Waals surface area contributed by atoms with E-state index in [-0.39, 0.29) is 6.42 Å². The van der Waals surface area contributed by atoms with Crippen LogP contribution in [0.3, 0.4) is 0 Å². The van der Waals surface area contributed by atoms with E-state index in [1.165, 1.54) is 6.92 Å². The molecular formula is C9H11NO4. The molecule has 0 unspecified atom stereocenters. The van der Waals surface area contributed by atoms with Crippen LogP contribution in [0, 0.1) is 0 Å². The van der Waals surface area contributed by atoms with Gasteiger partial charge in [-0.25, -0.2) is 4.79 Å². The van der Waals surface area contributed by atoms with Crippen molar-refractivity contribution in [2.24, 2.45) is 0 Å². The van der Waals surface area contributed by atoms with Crippen molar-refractivity contribution in [1.29, 1.82) is 0 Å². The quantitative estimate of drug-likeness (QED) is 0.706. The SMILES string of the molecule is C[C@H](CC(=O)O)OC(=O)c1ccc[nH]1. The van der Waals surface area contributed by atoms with Gasteiger partial charge >= 0.3 is 11.9 Å². The Bertz CT molecular complexity index is 318. The third kappa shape index (κ3) is 2.93. The van der Waals surface area contributed by atoms with Gasteiger partial charge in [-0.1, -0.05) is 0 Å². The van der Waals surface area contributed by atoms with Gasteiger partial charge in [0.05, 0.1) is 6.42 Å². The second kappa shape index (κ2) is 4.45. The zero-order valence-electron chi connectivity index (χ0n) is 7.69. The van der Waals surface area contributed by atoms with E-state index in [0.29, 0.717) is 5.69 Å². The van der Waals surface area contributed by atoms with Crippen LogP contribution in [-0.4, -0.2) is 28.1 Å². The lowest BCUT2D eigenvalue weighted by Crippen LogP contribution is -2.18. The minimum absolute atomic E-state index is 0.188. The molecule has 0 aromatic carbocycles. The molecule has 2 N–H and O–H groups in total. The van der Waals surface area contributed by atoms with Gasteiger partial charge in [0, 0.05) is 6.20 Å². The predicted octanol–water partition coefficient (Wildman–Crippen LogP) is 1.03. The molecule has 0 saturated heterocycles. The predicted molar refractivity (Wildman–Crippen MR) is 47.9 cm³/mol. The number of carbonyl (C=O) groups excluding carboxylic acids is 1. The van der Waals surface area contributed by atoms with E-state index in [2.05, 4.69) is 4.98 Å². The van der Waals surface area contributed by atoms with Gasteiger partial charge in [0.1, 0.15) is 11.8 Å². The highest BCUT2D eigenvalue weighted by atomic mass is 16.5. The number of hydrogen-bond acceptors (Lipinski definition) is 3. The molecule has 1 aromatic rings. The summed E-state index contributed by atoms with van der Waals surface area (Å²) in [7, 11) is 0. The van der Waals surface area contributed by atoms with Crippen LogP contribution in [0.5, 0.6) is 0 Å². The minimum Gasteiger partial charge on any atom is -0.481 e. The number of esters is 1. The molecule has 0 amide bonds. The van der Waals surface area contributed by atoms with Crippen LogP contribution in [0.1, 0.15) is 23.8 Å². The molecule has 0 radical (unpaired) electrons. The largest absolute Gasteiger partial charge is 0.481 e. The van der Waals surface area contributed by atoms with E-state index in [0.717, 1.165) is 0 Å². The molecule has 1 rings (SSSR count). The van der Waals surface area contributed by atoms with E-state index in [1.807, 2.05) is 0 Å². The van der Waals surface area contributed by atoms with Gasteiger partial charge in [0.2, 0.25) is 0 Å². The number of carboxylic acid groups (broad SMARTS) is 1. The second-order valence-electron chi connectivity index (χ2n) is 2.90. The Labute approximate surface area is 80.7 Å². The normalized spacial score (nSPS) is 12.1. The lowest BCUT2D eigenvalue weighted by atomic mass is 10.3. The molecule has 5 heteroatoms. The molecule has 1 heterocycles. The fraction of sp³-hybridized carbons (Fsp3) is 0.333. The van der Waals surface area contributed by atoms with Crippen molar-refractivity contribution < 1.29 is 19.4 Å². The highest BCUT2D eigenvalue weighted by Crippen LogP contribution is 2.03. The molecule has 0 fully saturated rings. The summed E-state index contributed by atoms with van der Waals surface area (Å²) >= 11 is 0. The smallest absolute Gasteiger partial charge is 0.355 e. The van der Waals surface area contributed by atoms with Gasteiger partial charge in [-0.05, 0) is 19.1 Å². The Balaban J connectivity index is 2.45. The van der Waals surface area contributed by atoms with Gasteiger partial charge < -0.3 is 14.8 Å². The molecule has 1 aromatic heterocycles. The van der Waals surface area contributed by atoms with E-state index < -0.39 is 18.0 Å². The molecule has 0 aliphatic rings. The number of aromatic nitrogens is 1. The summed E-state index contributed by atoms with van der Waals surface area (Å²) in [5.74, 6) is -1.53. The summed E-state index contributed by atoms with van der Waals surface area (Å²) in [6, 6.07) is 3.23. The summed E-state index contributed by atoms with van der Waals surface area (Å²) in [6.07, 6.45) is 0.786. The van der Waals surface area contributed by atoms with Gasteiger partial charge in [-0.2, -0.15) is 0 Å². The van der Waals surface area contributed by atoms with Crippen molar-refractivity contribution in [2.45, 2.75) is 19.4 Å². The molecule has 5 nitrogen and oxygen atoms in total. The second-order valence-corrected chi connectivity index (χ2v) is 2.90. The van der Waals surface area contributed by atoms with Gasteiger partial charge in [-0.15, -0.1) is 0 Å². The fourth-order valence-corrected chi connectivity index (χ4v) is 0.991. The standard InChI is InChI=1S/C9H11NO4/c1-6(5-8(11)12)14-9(13)7-3-2-4-10-7/h2-4,6,10H,5H2,1H3,(H,11,12)/t6-/m1/s1. The Morgan fingerprint density at radius 2 is 2.36 bits per heavy atom. The number of carbonyl (C=O) groups is 2. The first kappa shape index (κ1) is 10.3. The maximum atomic E-state index is 11.3. The van der Waals surface area contributed by atoms with Crippen molar-refractivity contribution in [1.82, 2.24) is 4.98 Å². The molecule has 0 saturated carbocycles. The molecule has 0 bridgehead atoms. The Hall–Kier alpha value is -1.78. The summed E-state index contributed by atoms with van der Waals surface area (Å²) < 4.78 is 4.85. The Kier molecular flexibility index (Phi) is 3.28. The molecule has 0 spiro atoms. The number of nitrogens with one attached hydrogen (secondary N) is 1. The first-order valence-electron chi connectivity index (χ1n) is 4.15. The fourth-order valence-electron chi connectivity index (χ4n) is 0.991. The average Bonchev–Trinajstić information content (AvgIpc) is 2.53. The van der Waals surface area contributed by atoms with Crippen molar-refractivity contribution in [3.8, 4) is 0 Å². The number of H-pyrrole nitrogens is 1. The summed E-state index contributed by atoms with van der Waals surface area (Å²) in [6.45, 7) is 1.54. The monoisotopic (exact) mass is 197 g/mol. The highest BCUT2D eigenvalue weighted by Gasteiger charge is 2.14. The molecular weight excluding hydrogens is 186 g/mol. The lowest BCUT2D eigenvalue weighted by Gasteiger charge is -2.09. The Morgan fingerprint density at radius 1 is 1.64 bits per heavy atom. The topological polar surface area (TPSA) is 79.4 Å². The van der Waals surface area contributed by atoms with Crippen molar-refractivity contribution >= 4 is 11.9 Å². The number of carboxylic acids is 1. The highest BCUT2D eigenvalue weighted by molar-refractivity contribution is 5.87. The first-order chi connectivity index (χ1) is 6.59. The third-order valence-corrected chi connectivity index (χ3v) is 1.59. The molecule has 0 aliphatic carbocycles.